The van der Waals surface area contributed by atoms with Crippen molar-refractivity contribution in [1.82, 2.24) is 5.32 Å². The lowest BCUT2D eigenvalue weighted by atomic mass is 10.0. The number of allylic oxidation sites excluding steroid dienone is 7. The molecule has 0 radical (unpaired) electrons. The number of unbranched alkanes of at least 4 members (excludes halogenated alkanes) is 42. The van der Waals surface area contributed by atoms with Gasteiger partial charge in [-0.05, 0) is 70.3 Å². The molecule has 0 saturated heterocycles. The summed E-state index contributed by atoms with van der Waals surface area (Å²) in [4.78, 5) is 40.1. The molecule has 0 saturated carbocycles. The van der Waals surface area contributed by atoms with Crippen LogP contribution in [0, 0.1) is 0 Å². The minimum Gasteiger partial charge on any atom is -0.756 e. The van der Waals surface area contributed by atoms with Crippen LogP contribution in [0.5, 0.6) is 0 Å². The first-order valence-electron chi connectivity index (χ1n) is 34.9. The third-order valence-electron chi connectivity index (χ3n) is 15.8. The Bertz CT molecular complexity index is 1520. The molecular formula is C71H135N2O7P. The molecule has 0 aromatic carbocycles. The number of quaternary nitrogens is 1. The van der Waals surface area contributed by atoms with Crippen LogP contribution >= 0.6 is 7.82 Å². The molecule has 0 bridgehead atoms. The second kappa shape index (κ2) is 61.1. The zero-order valence-electron chi connectivity index (χ0n) is 54.5. The predicted octanol–water partition coefficient (Wildman–Crippen LogP) is 21.4. The van der Waals surface area contributed by atoms with Crippen LogP contribution in [0.25, 0.3) is 0 Å². The Morgan fingerprint density at radius 3 is 1.15 bits per heavy atom. The first-order valence-corrected chi connectivity index (χ1v) is 36.4. The highest BCUT2D eigenvalue weighted by Gasteiger charge is 2.27. The molecule has 10 heteroatoms. The van der Waals surface area contributed by atoms with Crippen molar-refractivity contribution in [2.24, 2.45) is 0 Å². The molecule has 0 spiro atoms. The van der Waals surface area contributed by atoms with Crippen molar-refractivity contribution in [3.05, 3.63) is 48.6 Å². The van der Waals surface area contributed by atoms with E-state index in [4.69, 9.17) is 13.8 Å². The molecule has 0 rings (SSSR count). The van der Waals surface area contributed by atoms with Gasteiger partial charge in [0.2, 0.25) is 5.91 Å². The first-order chi connectivity index (χ1) is 39.4. The number of hydrogen-bond donors (Lipinski definition) is 1. The van der Waals surface area contributed by atoms with E-state index in [0.29, 0.717) is 17.4 Å². The molecule has 0 heterocycles. The summed E-state index contributed by atoms with van der Waals surface area (Å²) in [6.45, 7) is 6.85. The van der Waals surface area contributed by atoms with Gasteiger partial charge in [-0.15, -0.1) is 0 Å². The van der Waals surface area contributed by atoms with Gasteiger partial charge in [-0.1, -0.05) is 307 Å². The molecule has 3 atom stereocenters. The largest absolute Gasteiger partial charge is 0.756 e. The van der Waals surface area contributed by atoms with Gasteiger partial charge < -0.3 is 28.5 Å². The van der Waals surface area contributed by atoms with Crippen molar-refractivity contribution in [3.8, 4) is 0 Å². The van der Waals surface area contributed by atoms with Crippen LogP contribution < -0.4 is 10.2 Å². The fourth-order valence-corrected chi connectivity index (χ4v) is 11.1. The summed E-state index contributed by atoms with van der Waals surface area (Å²) in [5, 5.41) is 3.03. The van der Waals surface area contributed by atoms with E-state index in [0.717, 1.165) is 89.9 Å². The van der Waals surface area contributed by atoms with Crippen molar-refractivity contribution in [2.75, 3.05) is 40.9 Å². The van der Waals surface area contributed by atoms with E-state index in [1.807, 2.05) is 33.3 Å². The zero-order valence-corrected chi connectivity index (χ0v) is 55.4. The van der Waals surface area contributed by atoms with E-state index in [1.165, 1.54) is 218 Å². The molecule has 0 aliphatic carbocycles. The lowest BCUT2D eigenvalue weighted by Gasteiger charge is -2.30. The van der Waals surface area contributed by atoms with E-state index in [-0.39, 0.29) is 24.9 Å². The maximum absolute atomic E-state index is 13.6. The van der Waals surface area contributed by atoms with E-state index < -0.39 is 26.6 Å². The predicted molar refractivity (Wildman–Crippen MR) is 349 cm³/mol. The summed E-state index contributed by atoms with van der Waals surface area (Å²) in [5.41, 5.74) is 0. The van der Waals surface area contributed by atoms with Crippen molar-refractivity contribution in [1.29, 1.82) is 0 Å². The maximum atomic E-state index is 13.6. The van der Waals surface area contributed by atoms with Crippen LogP contribution in [0.2, 0.25) is 0 Å². The standard InChI is InChI=1S/C71H135N2O7P/c1-7-10-13-16-19-22-25-27-29-31-33-34-35-36-37-38-40-42-44-46-49-52-55-58-61-64-71(75)80-69(62-59-56-53-50-47-24-21-18-15-12-9-3)68(67-79-81(76,77)78-66-65-73(4,5)6)72-70(74)63-60-57-54-51-48-45-43-41-39-32-30-28-26-23-20-17-14-11-8-2/h20,23,28,30,39,41,59,62,68-69H,7-19,21-22,24-27,29,31-38,40,42-58,60-61,63-67H2,1-6H3,(H-,72,74,76,77)/b23-20-,30-28-,41-39-,62-59-. The summed E-state index contributed by atoms with van der Waals surface area (Å²) in [5.74, 6) is -0.541. The van der Waals surface area contributed by atoms with Gasteiger partial charge in [-0.25, -0.2) is 0 Å². The number of ether oxygens (including phenoxy) is 1. The second-order valence-electron chi connectivity index (χ2n) is 25.0. The molecule has 0 aromatic heterocycles. The number of phosphoric acid groups is 1. The fraction of sp³-hybridized carbons (Fsp3) is 0.859. The van der Waals surface area contributed by atoms with Crippen LogP contribution in [0.15, 0.2) is 48.6 Å². The Hall–Kier alpha value is -2.03. The number of esters is 1. The van der Waals surface area contributed by atoms with E-state index >= 15 is 0 Å². The van der Waals surface area contributed by atoms with Crippen molar-refractivity contribution in [3.63, 3.8) is 0 Å². The van der Waals surface area contributed by atoms with Gasteiger partial charge in [0, 0.05) is 12.8 Å². The van der Waals surface area contributed by atoms with Crippen molar-refractivity contribution < 1.29 is 37.3 Å². The zero-order chi connectivity index (χ0) is 59.3. The first kappa shape index (κ1) is 79.0. The quantitative estimate of drug-likeness (QED) is 0.0212. The normalized spacial score (nSPS) is 13.8. The molecule has 1 N–H and O–H groups in total. The van der Waals surface area contributed by atoms with Gasteiger partial charge in [0.15, 0.2) is 0 Å². The average Bonchev–Trinajstić information content (AvgIpc) is 3.43. The highest BCUT2D eigenvalue weighted by Crippen LogP contribution is 2.38. The summed E-state index contributed by atoms with van der Waals surface area (Å²) < 4.78 is 30.4. The number of carbonyl (C=O) groups is 2. The van der Waals surface area contributed by atoms with Gasteiger partial charge in [-0.2, -0.15) is 0 Å². The molecule has 1 amide bonds. The van der Waals surface area contributed by atoms with Gasteiger partial charge in [0.05, 0.1) is 33.8 Å². The number of nitrogens with one attached hydrogen (secondary N) is 1. The molecule has 0 fully saturated rings. The van der Waals surface area contributed by atoms with E-state index in [1.54, 1.807) is 0 Å². The van der Waals surface area contributed by atoms with Gasteiger partial charge in [0.1, 0.15) is 19.3 Å². The molecule has 0 aliphatic rings. The van der Waals surface area contributed by atoms with Crippen LogP contribution in [0.3, 0.4) is 0 Å². The Kier molecular flexibility index (Phi) is 59.5. The van der Waals surface area contributed by atoms with Gasteiger partial charge in [0.25, 0.3) is 7.82 Å². The SMILES string of the molecule is CCCCC/C=C\C/C=C\C/C=C\CCCCCCCCC(=O)NC(COP(=O)([O-])OCC[N+](C)(C)C)C(/C=C\CCCCCCCCCCC)OC(=O)CCCCCCCCCCCCCCCCCCCCCCCCCCC. The molecule has 0 aliphatic heterocycles. The minimum atomic E-state index is -4.70. The van der Waals surface area contributed by atoms with Crippen molar-refractivity contribution in [2.45, 2.75) is 354 Å². The average molecular weight is 1160 g/mol. The molecule has 9 nitrogen and oxygen atoms in total. The lowest BCUT2D eigenvalue weighted by Crippen LogP contribution is -2.47. The number of phosphoric ester groups is 1. The molecule has 476 valence electrons. The number of amides is 1. The second-order valence-corrected chi connectivity index (χ2v) is 26.5. The third kappa shape index (κ3) is 62.3. The Balaban J connectivity index is 5.02. The number of rotatable bonds is 64. The number of carbonyl (C=O) groups excluding carboxylic acids is 2. The minimum absolute atomic E-state index is 0.0240. The number of hydrogen-bond acceptors (Lipinski definition) is 7. The van der Waals surface area contributed by atoms with Gasteiger partial charge >= 0.3 is 5.97 Å². The van der Waals surface area contributed by atoms with Crippen LogP contribution in [-0.4, -0.2) is 69.4 Å². The van der Waals surface area contributed by atoms with Crippen LogP contribution in [0.4, 0.5) is 0 Å². The monoisotopic (exact) mass is 1160 g/mol. The van der Waals surface area contributed by atoms with Crippen LogP contribution in [0.1, 0.15) is 342 Å². The van der Waals surface area contributed by atoms with Crippen LogP contribution in [-0.2, 0) is 27.9 Å². The summed E-state index contributed by atoms with van der Waals surface area (Å²) in [6.07, 6.45) is 76.7. The summed E-state index contributed by atoms with van der Waals surface area (Å²) >= 11 is 0. The Morgan fingerprint density at radius 1 is 0.432 bits per heavy atom. The number of nitrogens with zero attached hydrogens (tertiary/aromatic N) is 1. The van der Waals surface area contributed by atoms with E-state index in [2.05, 4.69) is 62.5 Å². The molecular weight excluding hydrogens is 1020 g/mol. The van der Waals surface area contributed by atoms with Gasteiger partial charge in [-0.3, -0.25) is 14.2 Å². The van der Waals surface area contributed by atoms with Crippen molar-refractivity contribution >= 4 is 19.7 Å². The third-order valence-corrected chi connectivity index (χ3v) is 16.7. The Morgan fingerprint density at radius 2 is 0.753 bits per heavy atom. The molecule has 3 unspecified atom stereocenters. The summed E-state index contributed by atoms with van der Waals surface area (Å²) in [6, 6.07) is -0.894. The highest BCUT2D eigenvalue weighted by molar-refractivity contribution is 7.45. The highest BCUT2D eigenvalue weighted by atomic mass is 31.2. The smallest absolute Gasteiger partial charge is 0.306 e. The number of likely N-dealkylation sites (N-methyl/N-ethyl adjacent to an activating group) is 1. The molecule has 0 aromatic rings. The summed E-state index contributed by atoms with van der Waals surface area (Å²) in [7, 11) is 1.19. The Labute approximate surface area is 503 Å². The fourth-order valence-electron chi connectivity index (χ4n) is 10.4. The molecule has 81 heavy (non-hydrogen) atoms. The lowest BCUT2D eigenvalue weighted by molar-refractivity contribution is -0.870. The topological polar surface area (TPSA) is 114 Å². The van der Waals surface area contributed by atoms with E-state index in [9.17, 15) is 19.0 Å². The maximum Gasteiger partial charge on any atom is 0.306 e.